The highest BCUT2D eigenvalue weighted by atomic mass is 16.5. The maximum Gasteiger partial charge on any atom is 0.0678 e. The second-order valence-electron chi connectivity index (χ2n) is 5.37. The summed E-state index contributed by atoms with van der Waals surface area (Å²) in [6.07, 6.45) is 0.803. The molecule has 4 atom stereocenters. The lowest BCUT2D eigenvalue weighted by Crippen LogP contribution is -2.47. The minimum atomic E-state index is 0.401. The Kier molecular flexibility index (Phi) is 3.65. The minimum Gasteiger partial charge on any atom is -0.373 e. The first-order chi connectivity index (χ1) is 7.15. The summed E-state index contributed by atoms with van der Waals surface area (Å²) in [5, 5.41) is 3.48. The molecular formula is C12H24N2O. The maximum atomic E-state index is 5.75. The molecule has 1 N–H and O–H groups in total. The van der Waals surface area contributed by atoms with Gasteiger partial charge in [-0.25, -0.2) is 0 Å². The van der Waals surface area contributed by atoms with Crippen molar-refractivity contribution in [2.75, 3.05) is 32.7 Å². The number of rotatable bonds is 2. The van der Waals surface area contributed by atoms with Crippen LogP contribution >= 0.6 is 0 Å². The molecule has 2 fully saturated rings. The molecule has 0 aromatic rings. The SMILES string of the molecule is CC1CN(C[C@@H]2CNC[C@H]2C)CC(C)O1. The van der Waals surface area contributed by atoms with Gasteiger partial charge in [0.15, 0.2) is 0 Å². The van der Waals surface area contributed by atoms with Crippen molar-refractivity contribution in [1.82, 2.24) is 10.2 Å². The lowest BCUT2D eigenvalue weighted by molar-refractivity contribution is -0.0718. The second kappa shape index (κ2) is 4.81. The van der Waals surface area contributed by atoms with E-state index in [1.165, 1.54) is 19.6 Å². The van der Waals surface area contributed by atoms with Gasteiger partial charge in [-0.3, -0.25) is 4.90 Å². The fraction of sp³-hybridized carbons (Fsp3) is 1.00. The molecule has 88 valence electrons. The minimum absolute atomic E-state index is 0.401. The molecule has 2 aliphatic rings. The first-order valence-electron chi connectivity index (χ1n) is 6.23. The molecule has 0 spiro atoms. The van der Waals surface area contributed by atoms with Crippen LogP contribution in [0.3, 0.4) is 0 Å². The summed E-state index contributed by atoms with van der Waals surface area (Å²) in [6, 6.07) is 0. The molecule has 2 unspecified atom stereocenters. The predicted octanol–water partition coefficient (Wildman–Crippen LogP) is 0.951. The molecule has 0 radical (unpaired) electrons. The van der Waals surface area contributed by atoms with Crippen LogP contribution in [0.4, 0.5) is 0 Å². The van der Waals surface area contributed by atoms with E-state index in [4.69, 9.17) is 4.74 Å². The number of hydrogen-bond donors (Lipinski definition) is 1. The molecule has 0 bridgehead atoms. The summed E-state index contributed by atoms with van der Waals surface area (Å²) < 4.78 is 5.75. The number of ether oxygens (including phenoxy) is 1. The van der Waals surface area contributed by atoms with Crippen LogP contribution in [0.2, 0.25) is 0 Å². The van der Waals surface area contributed by atoms with Crippen LogP contribution in [0, 0.1) is 11.8 Å². The Balaban J connectivity index is 1.83. The Hall–Kier alpha value is -0.120. The van der Waals surface area contributed by atoms with Gasteiger partial charge in [-0.2, -0.15) is 0 Å². The van der Waals surface area contributed by atoms with E-state index in [2.05, 4.69) is 31.0 Å². The largest absolute Gasteiger partial charge is 0.373 e. The van der Waals surface area contributed by atoms with Crippen molar-refractivity contribution in [1.29, 1.82) is 0 Å². The van der Waals surface area contributed by atoms with Gasteiger partial charge in [0.1, 0.15) is 0 Å². The highest BCUT2D eigenvalue weighted by Crippen LogP contribution is 2.19. The third-order valence-electron chi connectivity index (χ3n) is 3.67. The Labute approximate surface area is 93.2 Å². The Morgan fingerprint density at radius 2 is 1.80 bits per heavy atom. The van der Waals surface area contributed by atoms with Crippen molar-refractivity contribution in [3.05, 3.63) is 0 Å². The van der Waals surface area contributed by atoms with Crippen molar-refractivity contribution in [3.8, 4) is 0 Å². The van der Waals surface area contributed by atoms with Crippen LogP contribution in [0.25, 0.3) is 0 Å². The summed E-state index contributed by atoms with van der Waals surface area (Å²) in [7, 11) is 0. The van der Waals surface area contributed by atoms with Gasteiger partial charge >= 0.3 is 0 Å². The van der Waals surface area contributed by atoms with Gasteiger partial charge in [0.2, 0.25) is 0 Å². The van der Waals surface area contributed by atoms with E-state index in [9.17, 15) is 0 Å². The third kappa shape index (κ3) is 2.92. The molecule has 2 saturated heterocycles. The molecule has 15 heavy (non-hydrogen) atoms. The molecular weight excluding hydrogens is 188 g/mol. The monoisotopic (exact) mass is 212 g/mol. The first-order valence-corrected chi connectivity index (χ1v) is 6.23. The van der Waals surface area contributed by atoms with E-state index in [-0.39, 0.29) is 0 Å². The summed E-state index contributed by atoms with van der Waals surface area (Å²) in [6.45, 7) is 12.6. The fourth-order valence-electron chi connectivity index (χ4n) is 2.87. The normalized spacial score (nSPS) is 43.4. The van der Waals surface area contributed by atoms with E-state index in [1.807, 2.05) is 0 Å². The van der Waals surface area contributed by atoms with Crippen LogP contribution in [-0.2, 0) is 4.74 Å². The molecule has 2 heterocycles. The van der Waals surface area contributed by atoms with Crippen molar-refractivity contribution < 1.29 is 4.74 Å². The number of morpholine rings is 1. The smallest absolute Gasteiger partial charge is 0.0678 e. The standard InChI is InChI=1S/C12H24N2O/c1-9-4-13-5-12(9)8-14-6-10(2)15-11(3)7-14/h9-13H,4-8H2,1-3H3/t9-,10?,11?,12+/m1/s1. The van der Waals surface area contributed by atoms with E-state index in [1.54, 1.807) is 0 Å². The maximum absolute atomic E-state index is 5.75. The van der Waals surface area contributed by atoms with Crippen molar-refractivity contribution in [2.45, 2.75) is 33.0 Å². The summed E-state index contributed by atoms with van der Waals surface area (Å²) in [5.74, 6) is 1.67. The number of hydrogen-bond acceptors (Lipinski definition) is 3. The fourth-order valence-corrected chi connectivity index (χ4v) is 2.87. The molecule has 0 aliphatic carbocycles. The van der Waals surface area contributed by atoms with Crippen LogP contribution in [0.1, 0.15) is 20.8 Å². The molecule has 0 aromatic carbocycles. The number of nitrogens with zero attached hydrogens (tertiary/aromatic N) is 1. The Morgan fingerprint density at radius 3 is 2.33 bits per heavy atom. The molecule has 0 saturated carbocycles. The van der Waals surface area contributed by atoms with Crippen molar-refractivity contribution in [2.24, 2.45) is 11.8 Å². The van der Waals surface area contributed by atoms with Gasteiger partial charge < -0.3 is 10.1 Å². The predicted molar refractivity (Wildman–Crippen MR) is 62.0 cm³/mol. The van der Waals surface area contributed by atoms with E-state index < -0.39 is 0 Å². The third-order valence-corrected chi connectivity index (χ3v) is 3.67. The number of nitrogens with one attached hydrogen (secondary N) is 1. The molecule has 3 heteroatoms. The van der Waals surface area contributed by atoms with Gasteiger partial charge in [-0.15, -0.1) is 0 Å². The quantitative estimate of drug-likeness (QED) is 0.737. The molecule has 2 rings (SSSR count). The average molecular weight is 212 g/mol. The molecule has 0 amide bonds. The van der Waals surface area contributed by atoms with E-state index in [0.29, 0.717) is 12.2 Å². The zero-order valence-electron chi connectivity index (χ0n) is 10.2. The molecule has 2 aliphatic heterocycles. The lowest BCUT2D eigenvalue weighted by Gasteiger charge is -2.37. The van der Waals surface area contributed by atoms with Crippen LogP contribution in [-0.4, -0.2) is 49.8 Å². The highest BCUT2D eigenvalue weighted by molar-refractivity contribution is 4.83. The summed E-state index contributed by atoms with van der Waals surface area (Å²) >= 11 is 0. The van der Waals surface area contributed by atoms with Crippen LogP contribution in [0.15, 0.2) is 0 Å². The molecule has 3 nitrogen and oxygen atoms in total. The first kappa shape index (κ1) is 11.4. The topological polar surface area (TPSA) is 24.5 Å². The average Bonchev–Trinajstić information content (AvgIpc) is 2.50. The van der Waals surface area contributed by atoms with Gasteiger partial charge in [-0.05, 0) is 38.8 Å². The highest BCUT2D eigenvalue weighted by Gasteiger charge is 2.28. The van der Waals surface area contributed by atoms with Gasteiger partial charge in [0, 0.05) is 19.6 Å². The van der Waals surface area contributed by atoms with E-state index >= 15 is 0 Å². The molecule has 0 aromatic heterocycles. The Bertz CT molecular complexity index is 200. The van der Waals surface area contributed by atoms with Crippen molar-refractivity contribution in [3.63, 3.8) is 0 Å². The van der Waals surface area contributed by atoms with Crippen molar-refractivity contribution >= 4 is 0 Å². The van der Waals surface area contributed by atoms with Gasteiger partial charge in [0.05, 0.1) is 12.2 Å². The van der Waals surface area contributed by atoms with Crippen LogP contribution < -0.4 is 5.32 Å². The Morgan fingerprint density at radius 1 is 1.13 bits per heavy atom. The zero-order valence-corrected chi connectivity index (χ0v) is 10.2. The van der Waals surface area contributed by atoms with Gasteiger partial charge in [0.25, 0.3) is 0 Å². The lowest BCUT2D eigenvalue weighted by atomic mass is 9.97. The zero-order chi connectivity index (χ0) is 10.8. The van der Waals surface area contributed by atoms with Crippen LogP contribution in [0.5, 0.6) is 0 Å². The second-order valence-corrected chi connectivity index (χ2v) is 5.37. The van der Waals surface area contributed by atoms with Gasteiger partial charge in [-0.1, -0.05) is 6.92 Å². The summed E-state index contributed by atoms with van der Waals surface area (Å²) in [4.78, 5) is 2.58. The van der Waals surface area contributed by atoms with E-state index in [0.717, 1.165) is 24.9 Å². The summed E-state index contributed by atoms with van der Waals surface area (Å²) in [5.41, 5.74) is 0.